The van der Waals surface area contributed by atoms with E-state index in [2.05, 4.69) is 76.7 Å². The van der Waals surface area contributed by atoms with Crippen molar-refractivity contribution in [2.24, 2.45) is 0 Å². The summed E-state index contributed by atoms with van der Waals surface area (Å²) in [7, 11) is 8.48. The number of para-hydroxylation sites is 2. The fraction of sp³-hybridized carbons (Fsp3) is 0.200. The van der Waals surface area contributed by atoms with Crippen molar-refractivity contribution < 1.29 is 29.6 Å². The molecule has 140 valence electrons. The quantitative estimate of drug-likeness (QED) is 0.617. The fourth-order valence-corrected chi connectivity index (χ4v) is 1.68. The number of nitrogens with one attached hydrogen (secondary N) is 2. The first-order valence-electron chi connectivity index (χ1n) is 8.05. The molecule has 2 aromatic carbocycles. The van der Waals surface area contributed by atoms with Crippen LogP contribution in [0.25, 0.3) is 0 Å². The van der Waals surface area contributed by atoms with Crippen LogP contribution in [-0.2, 0) is 9.59 Å². The minimum atomic E-state index is -1.55. The SMILES string of the molecule is C[NH+](C)c1ccccc1.C[NH+](C)c1ccccc1.O=C([O-])/C=C\C(=O)[O-]. The maximum atomic E-state index is 9.41. The minimum absolute atomic E-state index is 0.384. The highest BCUT2D eigenvalue weighted by atomic mass is 16.4. The summed E-state index contributed by atoms with van der Waals surface area (Å²) in [4.78, 5) is 21.6. The molecule has 0 spiro atoms. The van der Waals surface area contributed by atoms with Gasteiger partial charge in [0.25, 0.3) is 0 Å². The van der Waals surface area contributed by atoms with Crippen LogP contribution >= 0.6 is 0 Å². The van der Waals surface area contributed by atoms with E-state index >= 15 is 0 Å². The van der Waals surface area contributed by atoms with Crippen molar-refractivity contribution in [3.8, 4) is 0 Å². The Morgan fingerprint density at radius 2 is 0.923 bits per heavy atom. The van der Waals surface area contributed by atoms with Crippen LogP contribution in [0.1, 0.15) is 0 Å². The molecule has 0 heterocycles. The molecule has 0 saturated carbocycles. The molecule has 0 aliphatic heterocycles. The molecule has 0 unspecified atom stereocenters. The summed E-state index contributed by atoms with van der Waals surface area (Å²) in [6, 6.07) is 20.8. The van der Waals surface area contributed by atoms with Gasteiger partial charge >= 0.3 is 0 Å². The fourth-order valence-electron chi connectivity index (χ4n) is 1.68. The topological polar surface area (TPSA) is 89.1 Å². The highest BCUT2D eigenvalue weighted by Gasteiger charge is 1.94. The highest BCUT2D eigenvalue weighted by Crippen LogP contribution is 1.96. The predicted octanol–water partition coefficient (Wildman–Crippen LogP) is -2.03. The average Bonchev–Trinajstić information content (AvgIpc) is 2.62. The van der Waals surface area contributed by atoms with Crippen LogP contribution in [0.3, 0.4) is 0 Å². The summed E-state index contributed by atoms with van der Waals surface area (Å²) in [5.41, 5.74) is 2.66. The molecule has 0 fully saturated rings. The van der Waals surface area contributed by atoms with Crippen LogP contribution in [0.5, 0.6) is 0 Å². The zero-order valence-corrected chi connectivity index (χ0v) is 15.6. The zero-order chi connectivity index (χ0) is 19.9. The largest absolute Gasteiger partial charge is 0.545 e. The van der Waals surface area contributed by atoms with Crippen molar-refractivity contribution in [1.29, 1.82) is 0 Å². The van der Waals surface area contributed by atoms with Crippen molar-refractivity contribution in [2.75, 3.05) is 28.2 Å². The summed E-state index contributed by atoms with van der Waals surface area (Å²) >= 11 is 0. The van der Waals surface area contributed by atoms with Crippen molar-refractivity contribution in [3.05, 3.63) is 72.8 Å². The third-order valence-electron chi connectivity index (χ3n) is 3.06. The number of benzene rings is 2. The number of hydrogen-bond acceptors (Lipinski definition) is 4. The van der Waals surface area contributed by atoms with Crippen LogP contribution in [0.4, 0.5) is 11.4 Å². The third kappa shape index (κ3) is 12.5. The molecule has 2 rings (SSSR count). The molecule has 6 nitrogen and oxygen atoms in total. The van der Waals surface area contributed by atoms with E-state index in [1.54, 1.807) is 0 Å². The van der Waals surface area contributed by atoms with Gasteiger partial charge in [-0.15, -0.1) is 0 Å². The maximum Gasteiger partial charge on any atom is 0.130 e. The van der Waals surface area contributed by atoms with Gasteiger partial charge in [0.05, 0.1) is 40.1 Å². The molecule has 0 aliphatic carbocycles. The Bertz CT molecular complexity index is 609. The molecular formula is C20H26N2O4. The molecular weight excluding hydrogens is 332 g/mol. The monoisotopic (exact) mass is 358 g/mol. The molecule has 0 bridgehead atoms. The number of hydrogen-bond donors (Lipinski definition) is 2. The maximum absolute atomic E-state index is 9.41. The lowest BCUT2D eigenvalue weighted by atomic mass is 10.3. The third-order valence-corrected chi connectivity index (χ3v) is 3.06. The highest BCUT2D eigenvalue weighted by molar-refractivity contribution is 5.87. The number of carboxylic acids is 2. The van der Waals surface area contributed by atoms with Crippen molar-refractivity contribution in [3.63, 3.8) is 0 Å². The Labute approximate surface area is 154 Å². The number of carboxylic acid groups (broad SMARTS) is 2. The van der Waals surface area contributed by atoms with E-state index in [1.165, 1.54) is 21.2 Å². The van der Waals surface area contributed by atoms with Crippen molar-refractivity contribution in [1.82, 2.24) is 0 Å². The molecule has 0 aromatic heterocycles. The van der Waals surface area contributed by atoms with Crippen LogP contribution < -0.4 is 20.0 Å². The van der Waals surface area contributed by atoms with Gasteiger partial charge in [0.15, 0.2) is 0 Å². The summed E-state index contributed by atoms with van der Waals surface area (Å²) in [5, 5.41) is 18.8. The van der Waals surface area contributed by atoms with Gasteiger partial charge in [-0.05, 0) is 36.4 Å². The van der Waals surface area contributed by atoms with Crippen LogP contribution in [0.2, 0.25) is 0 Å². The lowest BCUT2D eigenvalue weighted by Crippen LogP contribution is -3.00. The zero-order valence-electron chi connectivity index (χ0n) is 15.6. The van der Waals surface area contributed by atoms with Gasteiger partial charge in [-0.1, -0.05) is 36.4 Å². The Kier molecular flexibility index (Phi) is 11.8. The standard InChI is InChI=1S/2C8H11N.C4H4O4/c2*1-9(2)8-6-4-3-5-7-8;5-3(6)1-2-4(7)8/h2*3-7H,1-2H3;1-2H,(H,5,6)(H,7,8)/b;;2-1-. The van der Waals surface area contributed by atoms with Gasteiger partial charge in [0.2, 0.25) is 0 Å². The smallest absolute Gasteiger partial charge is 0.130 e. The molecule has 0 aliphatic rings. The van der Waals surface area contributed by atoms with E-state index in [1.807, 2.05) is 12.1 Å². The molecule has 0 saturated heterocycles. The van der Waals surface area contributed by atoms with E-state index in [-0.39, 0.29) is 0 Å². The number of carbonyl (C=O) groups is 2. The Morgan fingerprint density at radius 3 is 1.08 bits per heavy atom. The summed E-state index contributed by atoms with van der Waals surface area (Å²) in [6.45, 7) is 0. The van der Waals surface area contributed by atoms with E-state index in [9.17, 15) is 19.8 Å². The predicted molar refractivity (Wildman–Crippen MR) is 97.0 cm³/mol. The van der Waals surface area contributed by atoms with Crippen molar-refractivity contribution in [2.45, 2.75) is 0 Å². The normalized spacial score (nSPS) is 9.92. The second-order valence-corrected chi connectivity index (χ2v) is 5.70. The molecule has 26 heavy (non-hydrogen) atoms. The average molecular weight is 358 g/mol. The van der Waals surface area contributed by atoms with E-state index in [0.29, 0.717) is 12.2 Å². The molecule has 6 heteroatoms. The van der Waals surface area contributed by atoms with E-state index < -0.39 is 11.9 Å². The summed E-state index contributed by atoms with van der Waals surface area (Å²) in [6.07, 6.45) is 0.769. The van der Waals surface area contributed by atoms with E-state index in [0.717, 1.165) is 0 Å². The van der Waals surface area contributed by atoms with Crippen LogP contribution in [0.15, 0.2) is 72.8 Å². The Hall–Kier alpha value is -2.96. The van der Waals surface area contributed by atoms with Crippen LogP contribution in [0, 0.1) is 0 Å². The Balaban J connectivity index is 0.000000362. The van der Waals surface area contributed by atoms with Crippen molar-refractivity contribution >= 4 is 23.3 Å². The summed E-state index contributed by atoms with van der Waals surface area (Å²) < 4.78 is 0. The second-order valence-electron chi connectivity index (χ2n) is 5.70. The minimum Gasteiger partial charge on any atom is -0.545 e. The second kappa shape index (κ2) is 13.3. The lowest BCUT2D eigenvalue weighted by molar-refractivity contribution is -0.786. The van der Waals surface area contributed by atoms with Gasteiger partial charge in [-0.3, -0.25) is 0 Å². The molecule has 0 atom stereocenters. The molecule has 0 radical (unpaired) electrons. The summed E-state index contributed by atoms with van der Waals surface area (Å²) in [5.74, 6) is -3.09. The van der Waals surface area contributed by atoms with Gasteiger partial charge < -0.3 is 29.6 Å². The molecule has 2 aromatic rings. The van der Waals surface area contributed by atoms with Gasteiger partial charge in [0.1, 0.15) is 11.4 Å². The van der Waals surface area contributed by atoms with E-state index in [4.69, 9.17) is 0 Å². The number of quaternary nitrogens is 2. The lowest BCUT2D eigenvalue weighted by Gasteiger charge is -2.03. The Morgan fingerprint density at radius 1 is 0.654 bits per heavy atom. The first kappa shape index (κ1) is 23.0. The first-order valence-corrected chi connectivity index (χ1v) is 8.05. The number of carbonyl (C=O) groups excluding carboxylic acids is 2. The number of rotatable bonds is 4. The molecule has 0 amide bonds. The first-order chi connectivity index (χ1) is 12.2. The van der Waals surface area contributed by atoms with Gasteiger partial charge in [-0.25, -0.2) is 0 Å². The van der Waals surface area contributed by atoms with Crippen LogP contribution in [-0.4, -0.2) is 40.1 Å². The van der Waals surface area contributed by atoms with Gasteiger partial charge in [-0.2, -0.15) is 0 Å². The van der Waals surface area contributed by atoms with Gasteiger partial charge in [0, 0.05) is 0 Å². The number of aliphatic carboxylic acids is 2. The molecule has 2 N–H and O–H groups in total.